The second kappa shape index (κ2) is 4.29. The van der Waals surface area contributed by atoms with Crippen LogP contribution in [0, 0.1) is 6.92 Å². The normalized spacial score (nSPS) is 10.9. The Morgan fingerprint density at radius 3 is 2.92 bits per heavy atom. The maximum Gasteiger partial charge on any atom is 0.0507 e. The van der Waals surface area contributed by atoms with E-state index in [1.165, 1.54) is 0 Å². The molecule has 2 N–H and O–H groups in total. The summed E-state index contributed by atoms with van der Waals surface area (Å²) in [6.07, 6.45) is 3.83. The molecule has 0 fully saturated rings. The van der Waals surface area contributed by atoms with Crippen LogP contribution in [0.2, 0.25) is 5.02 Å². The van der Waals surface area contributed by atoms with E-state index in [2.05, 4.69) is 0 Å². The molecule has 0 aliphatic heterocycles. The van der Waals surface area contributed by atoms with Crippen LogP contribution in [0.15, 0.2) is 24.3 Å². The van der Waals surface area contributed by atoms with Crippen molar-refractivity contribution in [3.8, 4) is 0 Å². The zero-order chi connectivity index (χ0) is 8.97. The van der Waals surface area contributed by atoms with E-state index in [0.29, 0.717) is 6.54 Å². The third-order valence-corrected chi connectivity index (χ3v) is 2.17. The van der Waals surface area contributed by atoms with E-state index in [1.807, 2.05) is 37.3 Å². The summed E-state index contributed by atoms with van der Waals surface area (Å²) >= 11 is 6.04. The maximum absolute atomic E-state index is 6.04. The van der Waals surface area contributed by atoms with Crippen LogP contribution in [-0.4, -0.2) is 6.54 Å². The number of rotatable bonds is 2. The second-order valence-electron chi connectivity index (χ2n) is 2.62. The highest BCUT2D eigenvalue weighted by Crippen LogP contribution is 2.20. The lowest BCUT2D eigenvalue weighted by atomic mass is 10.1. The first-order chi connectivity index (χ1) is 5.75. The molecule has 0 aliphatic carbocycles. The molecular formula is C10H12ClN. The topological polar surface area (TPSA) is 26.0 Å². The molecule has 12 heavy (non-hydrogen) atoms. The van der Waals surface area contributed by atoms with Crippen LogP contribution < -0.4 is 5.73 Å². The van der Waals surface area contributed by atoms with Crippen molar-refractivity contribution in [2.45, 2.75) is 6.92 Å². The van der Waals surface area contributed by atoms with Crippen LogP contribution in [0.5, 0.6) is 0 Å². The third kappa shape index (κ3) is 2.10. The summed E-state index contributed by atoms with van der Waals surface area (Å²) in [6, 6.07) is 5.95. The highest BCUT2D eigenvalue weighted by molar-refractivity contribution is 6.32. The van der Waals surface area contributed by atoms with Gasteiger partial charge in [0, 0.05) is 6.54 Å². The predicted octanol–water partition coefficient (Wildman–Crippen LogP) is 2.62. The Bertz CT molecular complexity index is 292. The van der Waals surface area contributed by atoms with Gasteiger partial charge in [0.1, 0.15) is 0 Å². The predicted molar refractivity (Wildman–Crippen MR) is 54.3 cm³/mol. The van der Waals surface area contributed by atoms with Gasteiger partial charge in [-0.05, 0) is 18.1 Å². The Balaban J connectivity index is 3.00. The van der Waals surface area contributed by atoms with Gasteiger partial charge in [0.05, 0.1) is 5.02 Å². The van der Waals surface area contributed by atoms with E-state index in [-0.39, 0.29) is 0 Å². The number of halogens is 1. The van der Waals surface area contributed by atoms with Gasteiger partial charge in [-0.15, -0.1) is 0 Å². The van der Waals surface area contributed by atoms with Gasteiger partial charge in [0.15, 0.2) is 0 Å². The van der Waals surface area contributed by atoms with Gasteiger partial charge in [-0.3, -0.25) is 0 Å². The molecule has 0 aromatic heterocycles. The van der Waals surface area contributed by atoms with Gasteiger partial charge < -0.3 is 5.73 Å². The van der Waals surface area contributed by atoms with Gasteiger partial charge in [-0.25, -0.2) is 0 Å². The Hall–Kier alpha value is -0.790. The molecule has 0 atom stereocenters. The minimum absolute atomic E-state index is 0.546. The zero-order valence-electron chi connectivity index (χ0n) is 7.05. The van der Waals surface area contributed by atoms with Gasteiger partial charge in [0.25, 0.3) is 0 Å². The molecule has 0 bridgehead atoms. The van der Waals surface area contributed by atoms with E-state index in [0.717, 1.165) is 16.1 Å². The molecule has 0 unspecified atom stereocenters. The minimum Gasteiger partial charge on any atom is -0.327 e. The van der Waals surface area contributed by atoms with Crippen LogP contribution in [0.25, 0.3) is 6.08 Å². The first kappa shape index (κ1) is 9.30. The van der Waals surface area contributed by atoms with Gasteiger partial charge in [0.2, 0.25) is 0 Å². The van der Waals surface area contributed by atoms with Crippen LogP contribution in [-0.2, 0) is 0 Å². The molecule has 0 saturated carbocycles. The van der Waals surface area contributed by atoms with Crippen molar-refractivity contribution >= 4 is 17.7 Å². The molecular weight excluding hydrogens is 170 g/mol. The number of hydrogen-bond acceptors (Lipinski definition) is 1. The summed E-state index contributed by atoms with van der Waals surface area (Å²) in [7, 11) is 0. The fourth-order valence-corrected chi connectivity index (χ4v) is 1.18. The Labute approximate surface area is 77.8 Å². The summed E-state index contributed by atoms with van der Waals surface area (Å²) in [4.78, 5) is 0. The SMILES string of the molecule is Cc1cccc(C=CCN)c1Cl. The van der Waals surface area contributed by atoms with Crippen molar-refractivity contribution in [1.82, 2.24) is 0 Å². The van der Waals surface area contributed by atoms with Crippen LogP contribution in [0.4, 0.5) is 0 Å². The van der Waals surface area contributed by atoms with Gasteiger partial charge in [-0.2, -0.15) is 0 Å². The maximum atomic E-state index is 6.04. The zero-order valence-corrected chi connectivity index (χ0v) is 7.81. The first-order valence-corrected chi connectivity index (χ1v) is 4.25. The summed E-state index contributed by atoms with van der Waals surface area (Å²) in [5.74, 6) is 0. The molecule has 0 saturated heterocycles. The quantitative estimate of drug-likeness (QED) is 0.746. The molecule has 2 heteroatoms. The molecule has 0 radical (unpaired) electrons. The van der Waals surface area contributed by atoms with Crippen LogP contribution in [0.3, 0.4) is 0 Å². The fraction of sp³-hybridized carbons (Fsp3) is 0.200. The molecule has 1 aromatic rings. The summed E-state index contributed by atoms with van der Waals surface area (Å²) in [6.45, 7) is 2.53. The lowest BCUT2D eigenvalue weighted by Crippen LogP contribution is -1.92. The minimum atomic E-state index is 0.546. The third-order valence-electron chi connectivity index (χ3n) is 1.66. The van der Waals surface area contributed by atoms with Crippen LogP contribution in [0.1, 0.15) is 11.1 Å². The summed E-state index contributed by atoms with van der Waals surface area (Å²) < 4.78 is 0. The van der Waals surface area contributed by atoms with Crippen molar-refractivity contribution in [2.75, 3.05) is 6.54 Å². The van der Waals surface area contributed by atoms with Crippen molar-refractivity contribution in [2.24, 2.45) is 5.73 Å². The van der Waals surface area contributed by atoms with Crippen molar-refractivity contribution < 1.29 is 0 Å². The molecule has 0 amide bonds. The number of benzene rings is 1. The molecule has 1 rings (SSSR count). The molecule has 0 spiro atoms. The monoisotopic (exact) mass is 181 g/mol. The average molecular weight is 182 g/mol. The number of nitrogens with two attached hydrogens (primary N) is 1. The molecule has 0 heterocycles. The fourth-order valence-electron chi connectivity index (χ4n) is 0.994. The van der Waals surface area contributed by atoms with Crippen molar-refractivity contribution in [1.29, 1.82) is 0 Å². The molecule has 1 nitrogen and oxygen atoms in total. The number of aryl methyl sites for hydroxylation is 1. The standard InChI is InChI=1S/C10H12ClN/c1-8-4-2-5-9(10(8)11)6-3-7-12/h2-6H,7,12H2,1H3. The smallest absolute Gasteiger partial charge is 0.0507 e. The van der Waals surface area contributed by atoms with Crippen LogP contribution >= 0.6 is 11.6 Å². The number of hydrogen-bond donors (Lipinski definition) is 1. The van der Waals surface area contributed by atoms with Gasteiger partial charge in [-0.1, -0.05) is 42.0 Å². The van der Waals surface area contributed by atoms with E-state index < -0.39 is 0 Å². The lowest BCUT2D eigenvalue weighted by molar-refractivity contribution is 1.26. The van der Waals surface area contributed by atoms with E-state index in [1.54, 1.807) is 0 Å². The molecule has 1 aromatic carbocycles. The largest absolute Gasteiger partial charge is 0.327 e. The lowest BCUT2D eigenvalue weighted by Gasteiger charge is -2.00. The molecule has 64 valence electrons. The van der Waals surface area contributed by atoms with Crippen molar-refractivity contribution in [3.05, 3.63) is 40.4 Å². The highest BCUT2D eigenvalue weighted by Gasteiger charge is 1.97. The Morgan fingerprint density at radius 2 is 2.25 bits per heavy atom. The summed E-state index contributed by atoms with van der Waals surface area (Å²) in [5, 5.41) is 0.808. The second-order valence-corrected chi connectivity index (χ2v) is 2.99. The van der Waals surface area contributed by atoms with E-state index >= 15 is 0 Å². The average Bonchev–Trinajstić information content (AvgIpc) is 2.08. The Kier molecular flexibility index (Phi) is 3.32. The van der Waals surface area contributed by atoms with Crippen molar-refractivity contribution in [3.63, 3.8) is 0 Å². The molecule has 0 aliphatic rings. The first-order valence-electron chi connectivity index (χ1n) is 3.87. The highest BCUT2D eigenvalue weighted by atomic mass is 35.5. The van der Waals surface area contributed by atoms with E-state index in [4.69, 9.17) is 17.3 Å². The van der Waals surface area contributed by atoms with Gasteiger partial charge >= 0.3 is 0 Å². The van der Waals surface area contributed by atoms with E-state index in [9.17, 15) is 0 Å². The Morgan fingerprint density at radius 1 is 1.50 bits per heavy atom. The summed E-state index contributed by atoms with van der Waals surface area (Å²) in [5.41, 5.74) is 7.46.